The maximum atomic E-state index is 13.0. The van der Waals surface area contributed by atoms with Crippen LogP contribution in [0.5, 0.6) is 0 Å². The second kappa shape index (κ2) is 9.74. The van der Waals surface area contributed by atoms with E-state index in [1.807, 2.05) is 48.5 Å². The zero-order chi connectivity index (χ0) is 25.1. The summed E-state index contributed by atoms with van der Waals surface area (Å²) in [4.78, 5) is 36.3. The quantitative estimate of drug-likeness (QED) is 0.527. The van der Waals surface area contributed by atoms with E-state index in [0.717, 1.165) is 22.3 Å². The highest BCUT2D eigenvalue weighted by atomic mass is 19.4. The normalized spacial score (nSPS) is 14.0. The molecule has 34 heavy (non-hydrogen) atoms. The third kappa shape index (κ3) is 4.85. The minimum Gasteiger partial charge on any atom is -0.479 e. The number of aliphatic carboxylic acids is 1. The number of rotatable bonds is 8. The molecule has 0 saturated carbocycles. The van der Waals surface area contributed by atoms with Crippen LogP contribution in [0.3, 0.4) is 0 Å². The summed E-state index contributed by atoms with van der Waals surface area (Å²) >= 11 is 0. The Morgan fingerprint density at radius 3 is 1.91 bits per heavy atom. The van der Waals surface area contributed by atoms with Crippen molar-refractivity contribution in [1.82, 2.24) is 10.6 Å². The van der Waals surface area contributed by atoms with E-state index in [2.05, 4.69) is 5.32 Å². The predicted octanol–water partition coefficient (Wildman–Crippen LogP) is 4.22. The van der Waals surface area contributed by atoms with Crippen molar-refractivity contribution in [1.29, 1.82) is 0 Å². The predicted molar refractivity (Wildman–Crippen MR) is 117 cm³/mol. The Hall–Kier alpha value is -3.56. The Morgan fingerprint density at radius 1 is 0.971 bits per heavy atom. The van der Waals surface area contributed by atoms with E-state index in [4.69, 9.17) is 9.84 Å². The first-order valence-electron chi connectivity index (χ1n) is 10.8. The molecule has 0 fully saturated rings. The lowest BCUT2D eigenvalue weighted by Gasteiger charge is -2.32. The Bertz CT molecular complexity index is 1040. The molecule has 7 nitrogen and oxygen atoms in total. The summed E-state index contributed by atoms with van der Waals surface area (Å²) in [5, 5.41) is 12.7. The SMILES string of the molecule is CCC(CC)(NC(=O)OCC1c2ccccc2-c2ccccc21)C(=O)NC(C(=O)O)C(F)(F)F. The van der Waals surface area contributed by atoms with E-state index in [9.17, 15) is 27.6 Å². The van der Waals surface area contributed by atoms with Crippen molar-refractivity contribution in [3.63, 3.8) is 0 Å². The summed E-state index contributed by atoms with van der Waals surface area (Å²) in [5.41, 5.74) is 2.22. The molecular weight excluding hydrogens is 453 g/mol. The first-order valence-corrected chi connectivity index (χ1v) is 10.8. The number of fused-ring (bicyclic) bond motifs is 3. The summed E-state index contributed by atoms with van der Waals surface area (Å²) < 4.78 is 44.5. The Morgan fingerprint density at radius 2 is 1.47 bits per heavy atom. The summed E-state index contributed by atoms with van der Waals surface area (Å²) in [6.07, 6.45) is -6.34. The number of amides is 2. The number of carbonyl (C=O) groups excluding carboxylic acids is 2. The molecular formula is C24H25F3N2O5. The minimum atomic E-state index is -5.20. The zero-order valence-electron chi connectivity index (χ0n) is 18.6. The van der Waals surface area contributed by atoms with Crippen molar-refractivity contribution in [2.75, 3.05) is 6.61 Å². The summed E-state index contributed by atoms with van der Waals surface area (Å²) in [5.74, 6) is -3.75. The van der Waals surface area contributed by atoms with E-state index in [0.29, 0.717) is 0 Å². The van der Waals surface area contributed by atoms with Crippen LogP contribution in [-0.2, 0) is 14.3 Å². The maximum absolute atomic E-state index is 13.0. The van der Waals surface area contributed by atoms with E-state index < -0.39 is 35.7 Å². The van der Waals surface area contributed by atoms with Gasteiger partial charge in [0.2, 0.25) is 11.9 Å². The lowest BCUT2D eigenvalue weighted by atomic mass is 9.91. The van der Waals surface area contributed by atoms with Crippen LogP contribution in [-0.4, -0.2) is 47.4 Å². The number of benzene rings is 2. The molecule has 0 radical (unpaired) electrons. The number of carboxylic acids is 1. The van der Waals surface area contributed by atoms with Gasteiger partial charge in [0.1, 0.15) is 12.1 Å². The maximum Gasteiger partial charge on any atom is 0.419 e. The average Bonchev–Trinajstić information content (AvgIpc) is 3.12. The molecule has 0 bridgehead atoms. The highest BCUT2D eigenvalue weighted by Crippen LogP contribution is 2.44. The van der Waals surface area contributed by atoms with E-state index >= 15 is 0 Å². The number of ether oxygens (including phenoxy) is 1. The van der Waals surface area contributed by atoms with Crippen molar-refractivity contribution in [2.24, 2.45) is 0 Å². The number of nitrogens with one attached hydrogen (secondary N) is 2. The monoisotopic (exact) mass is 478 g/mol. The molecule has 1 atom stereocenters. The lowest BCUT2D eigenvalue weighted by molar-refractivity contribution is -0.183. The molecule has 0 aliphatic heterocycles. The van der Waals surface area contributed by atoms with Crippen LogP contribution < -0.4 is 10.6 Å². The molecule has 1 unspecified atom stereocenters. The van der Waals surface area contributed by atoms with Crippen molar-refractivity contribution >= 4 is 18.0 Å². The largest absolute Gasteiger partial charge is 0.479 e. The minimum absolute atomic E-state index is 0.0503. The highest BCUT2D eigenvalue weighted by molar-refractivity contribution is 5.93. The molecule has 3 N–H and O–H groups in total. The summed E-state index contributed by atoms with van der Waals surface area (Å²) in [7, 11) is 0. The third-order valence-electron chi connectivity index (χ3n) is 6.18. The Labute approximate surface area is 194 Å². The van der Waals surface area contributed by atoms with Crippen molar-refractivity contribution in [3.05, 3.63) is 59.7 Å². The number of carboxylic acid groups (broad SMARTS) is 1. The second-order valence-electron chi connectivity index (χ2n) is 8.03. The topological polar surface area (TPSA) is 105 Å². The van der Waals surface area contributed by atoms with Gasteiger partial charge in [-0.3, -0.25) is 4.79 Å². The van der Waals surface area contributed by atoms with Gasteiger partial charge in [0.05, 0.1) is 0 Å². The molecule has 2 aromatic rings. The van der Waals surface area contributed by atoms with Gasteiger partial charge >= 0.3 is 18.2 Å². The average molecular weight is 478 g/mol. The van der Waals surface area contributed by atoms with Crippen LogP contribution in [0.1, 0.15) is 43.7 Å². The van der Waals surface area contributed by atoms with Crippen LogP contribution in [0.2, 0.25) is 0 Å². The van der Waals surface area contributed by atoms with Crippen LogP contribution in [0.4, 0.5) is 18.0 Å². The molecule has 2 aromatic carbocycles. The van der Waals surface area contributed by atoms with E-state index in [-0.39, 0.29) is 25.4 Å². The number of halogens is 3. The lowest BCUT2D eigenvalue weighted by Crippen LogP contribution is -2.63. The van der Waals surface area contributed by atoms with Gasteiger partial charge in [-0.1, -0.05) is 62.4 Å². The molecule has 1 aliphatic rings. The molecule has 0 heterocycles. The fourth-order valence-corrected chi connectivity index (χ4v) is 4.19. The van der Waals surface area contributed by atoms with Gasteiger partial charge in [-0.25, -0.2) is 9.59 Å². The Balaban J connectivity index is 1.73. The van der Waals surface area contributed by atoms with Gasteiger partial charge in [0.25, 0.3) is 0 Å². The highest BCUT2D eigenvalue weighted by Gasteiger charge is 2.49. The molecule has 3 rings (SSSR count). The molecule has 182 valence electrons. The molecule has 10 heteroatoms. The fourth-order valence-electron chi connectivity index (χ4n) is 4.19. The molecule has 0 saturated heterocycles. The fraction of sp³-hybridized carbons (Fsp3) is 0.375. The number of hydrogen-bond acceptors (Lipinski definition) is 4. The number of carbonyl (C=O) groups is 3. The van der Waals surface area contributed by atoms with Crippen LogP contribution >= 0.6 is 0 Å². The van der Waals surface area contributed by atoms with Gasteiger partial charge in [0, 0.05) is 5.92 Å². The van der Waals surface area contributed by atoms with Gasteiger partial charge in [0.15, 0.2) is 0 Å². The van der Waals surface area contributed by atoms with E-state index in [1.165, 1.54) is 19.2 Å². The smallest absolute Gasteiger partial charge is 0.419 e. The van der Waals surface area contributed by atoms with E-state index in [1.54, 1.807) is 0 Å². The summed E-state index contributed by atoms with van der Waals surface area (Å²) in [6, 6.07) is 12.3. The molecule has 2 amide bonds. The van der Waals surface area contributed by atoms with Crippen LogP contribution in [0.15, 0.2) is 48.5 Å². The van der Waals surface area contributed by atoms with Crippen LogP contribution in [0.25, 0.3) is 11.1 Å². The Kier molecular flexibility index (Phi) is 7.18. The van der Waals surface area contributed by atoms with Gasteiger partial charge in [-0.2, -0.15) is 13.2 Å². The van der Waals surface area contributed by atoms with Gasteiger partial charge in [-0.05, 0) is 35.1 Å². The van der Waals surface area contributed by atoms with Crippen LogP contribution in [0, 0.1) is 0 Å². The first-order chi connectivity index (χ1) is 16.0. The number of alkyl carbamates (subject to hydrolysis) is 1. The van der Waals surface area contributed by atoms with Crippen molar-refractivity contribution in [3.8, 4) is 11.1 Å². The van der Waals surface area contributed by atoms with Gasteiger partial charge < -0.3 is 20.5 Å². The third-order valence-corrected chi connectivity index (χ3v) is 6.18. The number of alkyl halides is 3. The molecule has 0 aromatic heterocycles. The molecule has 1 aliphatic carbocycles. The first kappa shape index (κ1) is 25.1. The number of hydrogen-bond donors (Lipinski definition) is 3. The summed E-state index contributed by atoms with van der Waals surface area (Å²) in [6.45, 7) is 2.94. The molecule has 0 spiro atoms. The van der Waals surface area contributed by atoms with Crippen molar-refractivity contribution < 1.29 is 37.4 Å². The second-order valence-corrected chi connectivity index (χ2v) is 8.03. The van der Waals surface area contributed by atoms with Gasteiger partial charge in [-0.15, -0.1) is 0 Å². The standard InChI is InChI=1S/C24H25F3N2O5/c1-3-23(4-2,21(32)28-19(20(30)31)24(25,26)27)29-22(33)34-13-18-16-11-7-5-9-14(16)15-10-6-8-12-17(15)18/h5-12,18-19H,3-4,13H2,1-2H3,(H,28,32)(H,29,33)(H,30,31). The van der Waals surface area contributed by atoms with Crippen molar-refractivity contribution in [2.45, 2.75) is 50.4 Å². The zero-order valence-corrected chi connectivity index (χ0v) is 18.6.